The summed E-state index contributed by atoms with van der Waals surface area (Å²) in [7, 11) is -1.28. The zero-order valence-electron chi connectivity index (χ0n) is 11.7. The first-order chi connectivity index (χ1) is 10.4. The van der Waals surface area contributed by atoms with Crippen LogP contribution in [0.3, 0.4) is 0 Å². The van der Waals surface area contributed by atoms with Crippen LogP contribution in [-0.2, 0) is 21.8 Å². The molecule has 0 aliphatic heterocycles. The molecule has 10 heteroatoms. The Morgan fingerprint density at radius 3 is 2.64 bits per heavy atom. The van der Waals surface area contributed by atoms with E-state index in [9.17, 15) is 18.0 Å². The Labute approximate surface area is 130 Å². The normalized spacial score (nSPS) is 11.2. The first-order valence-corrected chi connectivity index (χ1v) is 8.32. The summed E-state index contributed by atoms with van der Waals surface area (Å²) in [6, 6.07) is 4.44. The van der Waals surface area contributed by atoms with Crippen molar-refractivity contribution in [2.45, 2.75) is 4.90 Å². The predicted molar refractivity (Wildman–Crippen MR) is 78.9 cm³/mol. The van der Waals surface area contributed by atoms with E-state index in [0.717, 1.165) is 18.4 Å². The van der Waals surface area contributed by atoms with Gasteiger partial charge in [0, 0.05) is 13.2 Å². The first-order valence-electron chi connectivity index (χ1n) is 5.96. The molecule has 118 valence electrons. The van der Waals surface area contributed by atoms with Crippen LogP contribution in [0.1, 0.15) is 20.2 Å². The quantitative estimate of drug-likeness (QED) is 0.607. The summed E-state index contributed by atoms with van der Waals surface area (Å²) in [5.74, 6) is -1.38. The van der Waals surface area contributed by atoms with Crippen molar-refractivity contribution < 1.29 is 22.7 Å². The van der Waals surface area contributed by atoms with Gasteiger partial charge < -0.3 is 9.30 Å². The number of nitrogens with zero attached hydrogens (tertiary/aromatic N) is 1. The van der Waals surface area contributed by atoms with E-state index in [4.69, 9.17) is 0 Å². The molecular formula is C12H13N3O5S2. The van der Waals surface area contributed by atoms with Crippen molar-refractivity contribution in [1.82, 2.24) is 14.8 Å². The molecular weight excluding hydrogens is 330 g/mol. The van der Waals surface area contributed by atoms with Crippen molar-refractivity contribution in [2.75, 3.05) is 7.11 Å². The number of thiophene rings is 1. The van der Waals surface area contributed by atoms with E-state index in [-0.39, 0.29) is 15.5 Å². The number of sulfonamides is 1. The number of hydrazine groups is 1. The largest absolute Gasteiger partial charge is 0.465 e. The molecule has 8 nitrogen and oxygen atoms in total. The number of esters is 1. The number of ether oxygens (including phenoxy) is 1. The third-order valence-corrected chi connectivity index (χ3v) is 5.08. The Morgan fingerprint density at radius 2 is 2.05 bits per heavy atom. The minimum Gasteiger partial charge on any atom is -0.465 e. The van der Waals surface area contributed by atoms with Crippen molar-refractivity contribution in [3.63, 3.8) is 0 Å². The average molecular weight is 343 g/mol. The highest BCUT2D eigenvalue weighted by molar-refractivity contribution is 7.89. The monoisotopic (exact) mass is 343 g/mol. The summed E-state index contributed by atoms with van der Waals surface area (Å²) in [6.45, 7) is 0. The van der Waals surface area contributed by atoms with Gasteiger partial charge in [-0.1, -0.05) is 0 Å². The van der Waals surface area contributed by atoms with E-state index in [2.05, 4.69) is 10.2 Å². The van der Waals surface area contributed by atoms with Gasteiger partial charge >= 0.3 is 5.97 Å². The molecule has 1 amide bonds. The second-order valence-electron chi connectivity index (χ2n) is 4.17. The standard InChI is InChI=1S/C12H13N3O5S2/c1-15-6-3-4-8(15)11(16)13-14-22(18,19)9-5-7-21-10(9)12(17)20-2/h3-7,14H,1-2H3,(H,13,16). The van der Waals surface area contributed by atoms with Crippen LogP contribution < -0.4 is 10.3 Å². The topological polar surface area (TPSA) is 106 Å². The van der Waals surface area contributed by atoms with E-state index in [0.29, 0.717) is 0 Å². The number of carbonyl (C=O) groups excluding carboxylic acids is 2. The smallest absolute Gasteiger partial charge is 0.349 e. The number of hydrogen-bond donors (Lipinski definition) is 2. The molecule has 0 aromatic carbocycles. The Hall–Kier alpha value is -2.17. The van der Waals surface area contributed by atoms with Crippen molar-refractivity contribution >= 4 is 33.2 Å². The number of methoxy groups -OCH3 is 1. The van der Waals surface area contributed by atoms with Crippen LogP contribution in [0.25, 0.3) is 0 Å². The van der Waals surface area contributed by atoms with Gasteiger partial charge in [-0.25, -0.2) is 13.2 Å². The Balaban J connectivity index is 2.16. The second-order valence-corrected chi connectivity index (χ2v) is 6.74. The molecule has 2 heterocycles. The van der Waals surface area contributed by atoms with E-state index < -0.39 is 21.9 Å². The molecule has 0 atom stereocenters. The van der Waals surface area contributed by atoms with Crippen LogP contribution in [0.5, 0.6) is 0 Å². The Morgan fingerprint density at radius 1 is 1.32 bits per heavy atom. The molecule has 0 aliphatic carbocycles. The van der Waals surface area contributed by atoms with Crippen molar-refractivity contribution in [3.8, 4) is 0 Å². The average Bonchev–Trinajstić information content (AvgIpc) is 3.13. The summed E-state index contributed by atoms with van der Waals surface area (Å²) in [5, 5.41) is 1.44. The molecule has 0 bridgehead atoms. The lowest BCUT2D eigenvalue weighted by Crippen LogP contribution is -2.42. The maximum atomic E-state index is 12.2. The molecule has 2 aromatic heterocycles. The molecule has 2 N–H and O–H groups in total. The van der Waals surface area contributed by atoms with Gasteiger partial charge in [-0.2, -0.15) is 0 Å². The molecule has 2 aromatic rings. The van der Waals surface area contributed by atoms with Gasteiger partial charge in [0.1, 0.15) is 15.5 Å². The number of hydrogen-bond acceptors (Lipinski definition) is 6. The highest BCUT2D eigenvalue weighted by Crippen LogP contribution is 2.22. The van der Waals surface area contributed by atoms with Crippen LogP contribution in [0.4, 0.5) is 0 Å². The molecule has 0 saturated carbocycles. The van der Waals surface area contributed by atoms with Crippen LogP contribution in [0.15, 0.2) is 34.7 Å². The summed E-state index contributed by atoms with van der Waals surface area (Å²) in [4.78, 5) is 25.0. The number of aromatic nitrogens is 1. The summed E-state index contributed by atoms with van der Waals surface area (Å²) < 4.78 is 30.4. The van der Waals surface area contributed by atoms with Crippen molar-refractivity contribution in [2.24, 2.45) is 7.05 Å². The predicted octanol–water partition coefficient (Wildman–Crippen LogP) is 0.497. The summed E-state index contributed by atoms with van der Waals surface area (Å²) in [6.07, 6.45) is 1.65. The van der Waals surface area contributed by atoms with Gasteiger partial charge in [-0.05, 0) is 23.6 Å². The van der Waals surface area contributed by atoms with Gasteiger partial charge in [0.25, 0.3) is 15.9 Å². The Bertz CT molecular complexity index is 806. The molecule has 0 saturated heterocycles. The lowest BCUT2D eigenvalue weighted by Gasteiger charge is -2.09. The SMILES string of the molecule is COC(=O)c1sccc1S(=O)(=O)NNC(=O)c1cccn1C. The molecule has 0 unspecified atom stereocenters. The van der Waals surface area contributed by atoms with E-state index in [1.165, 1.54) is 22.1 Å². The minimum absolute atomic E-state index is 0.0666. The van der Waals surface area contributed by atoms with Crippen molar-refractivity contribution in [1.29, 1.82) is 0 Å². The lowest BCUT2D eigenvalue weighted by molar-refractivity contribution is 0.0602. The number of amides is 1. The van der Waals surface area contributed by atoms with E-state index >= 15 is 0 Å². The van der Waals surface area contributed by atoms with Gasteiger partial charge in [-0.15, -0.1) is 16.2 Å². The number of carbonyl (C=O) groups is 2. The van der Waals surface area contributed by atoms with Crippen LogP contribution in [-0.4, -0.2) is 32.0 Å². The molecule has 0 aliphatic rings. The fourth-order valence-corrected chi connectivity index (χ4v) is 3.86. The molecule has 0 radical (unpaired) electrons. The van der Waals surface area contributed by atoms with Crippen LogP contribution in [0, 0.1) is 0 Å². The molecule has 0 fully saturated rings. The van der Waals surface area contributed by atoms with E-state index in [1.54, 1.807) is 19.3 Å². The highest BCUT2D eigenvalue weighted by Gasteiger charge is 2.25. The van der Waals surface area contributed by atoms with Gasteiger partial charge in [-0.3, -0.25) is 10.2 Å². The van der Waals surface area contributed by atoms with Gasteiger partial charge in [0.15, 0.2) is 0 Å². The maximum absolute atomic E-state index is 12.2. The third-order valence-electron chi connectivity index (χ3n) is 2.76. The van der Waals surface area contributed by atoms with Crippen LogP contribution >= 0.6 is 11.3 Å². The highest BCUT2D eigenvalue weighted by atomic mass is 32.2. The zero-order chi connectivity index (χ0) is 16.3. The molecule has 0 spiro atoms. The minimum atomic E-state index is -4.08. The fraction of sp³-hybridized carbons (Fsp3) is 0.167. The number of aryl methyl sites for hydroxylation is 1. The van der Waals surface area contributed by atoms with Crippen LogP contribution in [0.2, 0.25) is 0 Å². The Kier molecular flexibility index (Phi) is 4.64. The number of rotatable bonds is 5. The zero-order valence-corrected chi connectivity index (χ0v) is 13.3. The lowest BCUT2D eigenvalue weighted by atomic mass is 10.4. The summed E-state index contributed by atoms with van der Waals surface area (Å²) in [5.41, 5.74) is 2.37. The summed E-state index contributed by atoms with van der Waals surface area (Å²) >= 11 is 0.933. The van der Waals surface area contributed by atoms with E-state index in [1.807, 2.05) is 4.83 Å². The molecule has 2 rings (SSSR count). The van der Waals surface area contributed by atoms with Gasteiger partial charge in [0.2, 0.25) is 0 Å². The maximum Gasteiger partial charge on any atom is 0.349 e. The second kappa shape index (κ2) is 6.30. The first kappa shape index (κ1) is 16.2. The van der Waals surface area contributed by atoms with Crippen molar-refractivity contribution in [3.05, 3.63) is 40.3 Å². The number of nitrogens with one attached hydrogen (secondary N) is 2. The van der Waals surface area contributed by atoms with Gasteiger partial charge in [0.05, 0.1) is 7.11 Å². The third kappa shape index (κ3) is 3.18. The molecule has 22 heavy (non-hydrogen) atoms. The fourth-order valence-electron chi connectivity index (χ4n) is 1.68.